The molecule has 1 aromatic rings. The maximum atomic E-state index is 6.20. The Morgan fingerprint density at radius 3 is 2.06 bits per heavy atom. The van der Waals surface area contributed by atoms with Crippen molar-refractivity contribution >= 4 is 5.95 Å². The van der Waals surface area contributed by atoms with Crippen LogP contribution in [0.15, 0.2) is 6.07 Å². The summed E-state index contributed by atoms with van der Waals surface area (Å²) in [5, 5.41) is 3.13. The third-order valence-electron chi connectivity index (χ3n) is 3.10. The first-order chi connectivity index (χ1) is 8.56. The van der Waals surface area contributed by atoms with Gasteiger partial charge in [0, 0.05) is 12.1 Å². The number of hydrogen-bond acceptors (Lipinski definition) is 6. The van der Waals surface area contributed by atoms with E-state index < -0.39 is 0 Å². The van der Waals surface area contributed by atoms with Gasteiger partial charge >= 0.3 is 0 Å². The third kappa shape index (κ3) is 3.73. The molecule has 0 spiro atoms. The van der Waals surface area contributed by atoms with Crippen LogP contribution in [-0.4, -0.2) is 36.3 Å². The molecule has 1 rings (SSSR count). The lowest BCUT2D eigenvalue weighted by Gasteiger charge is -2.26. The van der Waals surface area contributed by atoms with Gasteiger partial charge in [-0.2, -0.15) is 9.97 Å². The highest BCUT2D eigenvalue weighted by Crippen LogP contribution is 2.18. The second-order valence-corrected chi connectivity index (χ2v) is 4.20. The minimum atomic E-state index is -0.250. The van der Waals surface area contributed by atoms with Gasteiger partial charge in [-0.15, -0.1) is 0 Å². The van der Waals surface area contributed by atoms with Crippen molar-refractivity contribution in [3.05, 3.63) is 6.07 Å². The highest BCUT2D eigenvalue weighted by Gasteiger charge is 2.20. The Kier molecular flexibility index (Phi) is 5.15. The van der Waals surface area contributed by atoms with Crippen LogP contribution in [0.3, 0.4) is 0 Å². The molecule has 0 aliphatic rings. The zero-order chi connectivity index (χ0) is 13.6. The Hall–Kier alpha value is -1.56. The lowest BCUT2D eigenvalue weighted by atomic mass is 9.94. The molecule has 0 aromatic carbocycles. The average Bonchev–Trinajstić information content (AvgIpc) is 2.44. The van der Waals surface area contributed by atoms with Crippen molar-refractivity contribution in [3.63, 3.8) is 0 Å². The summed E-state index contributed by atoms with van der Waals surface area (Å²) in [6.45, 7) is 4.74. The molecular formula is C12H22N4O2. The molecule has 1 aromatic heterocycles. The largest absolute Gasteiger partial charge is 0.481 e. The monoisotopic (exact) mass is 254 g/mol. The summed E-state index contributed by atoms with van der Waals surface area (Å²) in [4.78, 5) is 8.38. The van der Waals surface area contributed by atoms with Gasteiger partial charge in [0.15, 0.2) is 0 Å². The Bertz CT molecular complexity index is 358. The van der Waals surface area contributed by atoms with E-state index in [2.05, 4.69) is 29.1 Å². The first kappa shape index (κ1) is 14.5. The van der Waals surface area contributed by atoms with Crippen LogP contribution in [0.25, 0.3) is 0 Å². The van der Waals surface area contributed by atoms with E-state index in [1.54, 1.807) is 20.3 Å². The van der Waals surface area contributed by atoms with Crippen LogP contribution < -0.4 is 20.5 Å². The van der Waals surface area contributed by atoms with Gasteiger partial charge in [-0.3, -0.25) is 0 Å². The number of nitrogens with two attached hydrogens (primary N) is 1. The second kappa shape index (κ2) is 6.39. The summed E-state index contributed by atoms with van der Waals surface area (Å²) in [7, 11) is 3.10. The molecule has 6 nitrogen and oxygen atoms in total. The Morgan fingerprint density at radius 2 is 1.67 bits per heavy atom. The molecule has 0 unspecified atom stereocenters. The number of hydrogen-bond donors (Lipinski definition) is 2. The molecule has 0 fully saturated rings. The molecule has 0 saturated heterocycles. The predicted octanol–water partition coefficient (Wildman–Crippen LogP) is 1.42. The van der Waals surface area contributed by atoms with Crippen molar-refractivity contribution in [1.29, 1.82) is 0 Å². The smallest absolute Gasteiger partial charge is 0.229 e. The third-order valence-corrected chi connectivity index (χ3v) is 3.10. The summed E-state index contributed by atoms with van der Waals surface area (Å²) < 4.78 is 10.2. The van der Waals surface area contributed by atoms with Gasteiger partial charge in [-0.05, 0) is 12.8 Å². The molecule has 18 heavy (non-hydrogen) atoms. The Balaban J connectivity index is 2.78. The van der Waals surface area contributed by atoms with E-state index in [0.29, 0.717) is 24.3 Å². The van der Waals surface area contributed by atoms with Gasteiger partial charge in [-0.1, -0.05) is 13.8 Å². The molecular weight excluding hydrogens is 232 g/mol. The van der Waals surface area contributed by atoms with Crippen molar-refractivity contribution in [2.75, 3.05) is 26.1 Å². The maximum absolute atomic E-state index is 6.20. The van der Waals surface area contributed by atoms with E-state index in [0.717, 1.165) is 12.8 Å². The first-order valence-electron chi connectivity index (χ1n) is 6.06. The maximum Gasteiger partial charge on any atom is 0.229 e. The zero-order valence-electron chi connectivity index (χ0n) is 11.5. The van der Waals surface area contributed by atoms with Crippen molar-refractivity contribution in [2.24, 2.45) is 5.73 Å². The topological polar surface area (TPSA) is 82.3 Å². The van der Waals surface area contributed by atoms with Crippen LogP contribution >= 0.6 is 0 Å². The van der Waals surface area contributed by atoms with Crippen LogP contribution in [0.5, 0.6) is 11.8 Å². The fourth-order valence-corrected chi connectivity index (χ4v) is 1.45. The normalized spacial score (nSPS) is 11.2. The van der Waals surface area contributed by atoms with Crippen molar-refractivity contribution in [2.45, 2.75) is 32.2 Å². The lowest BCUT2D eigenvalue weighted by molar-refractivity contribution is 0.371. The van der Waals surface area contributed by atoms with E-state index in [4.69, 9.17) is 15.2 Å². The van der Waals surface area contributed by atoms with E-state index in [-0.39, 0.29) is 5.54 Å². The molecule has 0 aliphatic heterocycles. The quantitative estimate of drug-likeness (QED) is 0.766. The van der Waals surface area contributed by atoms with Crippen LogP contribution in [0.1, 0.15) is 26.7 Å². The average molecular weight is 254 g/mol. The summed E-state index contributed by atoms with van der Waals surface area (Å²) in [6, 6.07) is 1.63. The van der Waals surface area contributed by atoms with Crippen molar-refractivity contribution < 1.29 is 9.47 Å². The number of anilines is 1. The van der Waals surface area contributed by atoms with Gasteiger partial charge in [-0.25, -0.2) is 0 Å². The first-order valence-corrected chi connectivity index (χ1v) is 6.06. The van der Waals surface area contributed by atoms with Crippen LogP contribution in [0.4, 0.5) is 5.95 Å². The van der Waals surface area contributed by atoms with Gasteiger partial charge in [0.1, 0.15) is 0 Å². The van der Waals surface area contributed by atoms with E-state index in [1.165, 1.54) is 0 Å². The Labute approximate surface area is 108 Å². The molecule has 6 heteroatoms. The molecule has 0 aliphatic carbocycles. The summed E-state index contributed by atoms with van der Waals surface area (Å²) in [5.41, 5.74) is 5.95. The molecule has 0 saturated carbocycles. The van der Waals surface area contributed by atoms with Crippen LogP contribution in [-0.2, 0) is 0 Å². The minimum absolute atomic E-state index is 0.250. The molecule has 3 N–H and O–H groups in total. The number of aromatic nitrogens is 2. The molecule has 0 amide bonds. The molecule has 1 heterocycles. The van der Waals surface area contributed by atoms with Gasteiger partial charge in [0.2, 0.25) is 17.7 Å². The summed E-state index contributed by atoms with van der Waals surface area (Å²) >= 11 is 0. The molecule has 102 valence electrons. The number of methoxy groups -OCH3 is 2. The summed E-state index contributed by atoms with van der Waals surface area (Å²) in [6.07, 6.45) is 1.77. The fourth-order valence-electron chi connectivity index (χ4n) is 1.45. The highest BCUT2D eigenvalue weighted by atomic mass is 16.5. The summed E-state index contributed by atoms with van der Waals surface area (Å²) in [5.74, 6) is 1.38. The van der Waals surface area contributed by atoms with Gasteiger partial charge in [0.25, 0.3) is 0 Å². The fraction of sp³-hybridized carbons (Fsp3) is 0.667. The number of rotatable bonds is 7. The number of ether oxygens (including phenoxy) is 2. The van der Waals surface area contributed by atoms with E-state index in [9.17, 15) is 0 Å². The van der Waals surface area contributed by atoms with Gasteiger partial charge < -0.3 is 20.5 Å². The van der Waals surface area contributed by atoms with Gasteiger partial charge in [0.05, 0.1) is 20.3 Å². The van der Waals surface area contributed by atoms with Crippen LogP contribution in [0.2, 0.25) is 0 Å². The SMILES string of the molecule is CCC(N)(CC)CNc1nc(OC)cc(OC)n1. The molecule has 0 bridgehead atoms. The van der Waals surface area contributed by atoms with Crippen molar-refractivity contribution in [1.82, 2.24) is 9.97 Å². The minimum Gasteiger partial charge on any atom is -0.481 e. The second-order valence-electron chi connectivity index (χ2n) is 4.20. The molecule has 0 radical (unpaired) electrons. The predicted molar refractivity (Wildman–Crippen MR) is 71.1 cm³/mol. The highest BCUT2D eigenvalue weighted by molar-refractivity contribution is 5.34. The zero-order valence-corrected chi connectivity index (χ0v) is 11.5. The van der Waals surface area contributed by atoms with Crippen LogP contribution in [0, 0.1) is 0 Å². The standard InChI is InChI=1S/C12H22N4O2/c1-5-12(13,6-2)8-14-11-15-9(17-3)7-10(16-11)18-4/h7H,5-6,8,13H2,1-4H3,(H,14,15,16). The number of nitrogens with one attached hydrogen (secondary N) is 1. The molecule has 0 atom stereocenters. The number of nitrogens with zero attached hydrogens (tertiary/aromatic N) is 2. The van der Waals surface area contributed by atoms with Crippen molar-refractivity contribution in [3.8, 4) is 11.8 Å². The van der Waals surface area contributed by atoms with E-state index >= 15 is 0 Å². The Morgan fingerprint density at radius 1 is 1.17 bits per heavy atom. The lowest BCUT2D eigenvalue weighted by Crippen LogP contribution is -2.45. The van der Waals surface area contributed by atoms with E-state index in [1.807, 2.05) is 0 Å².